The van der Waals surface area contributed by atoms with Crippen molar-refractivity contribution in [1.82, 2.24) is 5.32 Å². The number of hydrogen-bond donors (Lipinski definition) is 4. The molecule has 2 aromatic rings. The molecule has 0 bridgehead atoms. The fourth-order valence-electron chi connectivity index (χ4n) is 2.85. The van der Waals surface area contributed by atoms with Crippen LogP contribution in [0.2, 0.25) is 0 Å². The fourth-order valence-corrected chi connectivity index (χ4v) is 2.85. The van der Waals surface area contributed by atoms with Crippen molar-refractivity contribution in [2.75, 3.05) is 17.2 Å². The average Bonchev–Trinajstić information content (AvgIpc) is 2.72. The molecule has 160 valence electrons. The van der Waals surface area contributed by atoms with Gasteiger partial charge in [-0.15, -0.1) is 0 Å². The van der Waals surface area contributed by atoms with Crippen molar-refractivity contribution in [2.45, 2.75) is 46.1 Å². The van der Waals surface area contributed by atoms with E-state index in [-0.39, 0.29) is 12.5 Å². The second kappa shape index (κ2) is 11.0. The van der Waals surface area contributed by atoms with Crippen molar-refractivity contribution >= 4 is 29.2 Å². The molecule has 7 nitrogen and oxygen atoms in total. The van der Waals surface area contributed by atoms with Crippen LogP contribution in [0.1, 0.15) is 47.7 Å². The van der Waals surface area contributed by atoms with E-state index in [1.807, 2.05) is 39.0 Å². The molecular weight excluding hydrogens is 382 g/mol. The summed E-state index contributed by atoms with van der Waals surface area (Å²) in [6, 6.07) is 11.3. The summed E-state index contributed by atoms with van der Waals surface area (Å²) in [5.74, 6) is -1.71. The summed E-state index contributed by atoms with van der Waals surface area (Å²) in [6.45, 7) is 6.12. The molecule has 0 spiro atoms. The first-order valence-corrected chi connectivity index (χ1v) is 10.0. The molecule has 7 heteroatoms. The SMILES string of the molecule is CCCCC(NC(=O)c1ccc(NC(=O)CNc2ccc(C)c(C)c2)cc1)C(=O)O. The molecule has 0 aliphatic rings. The summed E-state index contributed by atoms with van der Waals surface area (Å²) in [5.41, 5.74) is 4.10. The highest BCUT2D eigenvalue weighted by molar-refractivity contribution is 5.98. The van der Waals surface area contributed by atoms with Gasteiger partial charge in [-0.1, -0.05) is 25.8 Å². The number of aryl methyl sites for hydroxylation is 2. The molecular formula is C23H29N3O4. The third kappa shape index (κ3) is 6.92. The molecule has 4 N–H and O–H groups in total. The first-order chi connectivity index (χ1) is 14.3. The highest BCUT2D eigenvalue weighted by Crippen LogP contribution is 2.14. The maximum atomic E-state index is 12.3. The summed E-state index contributed by atoms with van der Waals surface area (Å²) in [4.78, 5) is 35.7. The first kappa shape index (κ1) is 22.9. The smallest absolute Gasteiger partial charge is 0.326 e. The van der Waals surface area contributed by atoms with E-state index in [1.165, 1.54) is 5.56 Å². The highest BCUT2D eigenvalue weighted by atomic mass is 16.4. The Balaban J connectivity index is 1.88. The number of carbonyl (C=O) groups is 3. The van der Waals surface area contributed by atoms with Crippen LogP contribution in [0.25, 0.3) is 0 Å². The van der Waals surface area contributed by atoms with E-state index < -0.39 is 17.9 Å². The summed E-state index contributed by atoms with van der Waals surface area (Å²) in [5, 5.41) is 17.6. The van der Waals surface area contributed by atoms with Gasteiger partial charge in [0.05, 0.1) is 6.54 Å². The molecule has 0 aromatic heterocycles. The first-order valence-electron chi connectivity index (χ1n) is 10.0. The van der Waals surface area contributed by atoms with Crippen LogP contribution in [-0.4, -0.2) is 35.5 Å². The Morgan fingerprint density at radius 1 is 0.967 bits per heavy atom. The largest absolute Gasteiger partial charge is 0.480 e. The number of unbranched alkanes of at least 4 members (excludes halogenated alkanes) is 1. The topological polar surface area (TPSA) is 108 Å². The Morgan fingerprint density at radius 3 is 2.23 bits per heavy atom. The number of aliphatic carboxylic acids is 1. The van der Waals surface area contributed by atoms with Crippen LogP contribution < -0.4 is 16.0 Å². The van der Waals surface area contributed by atoms with Gasteiger partial charge in [-0.2, -0.15) is 0 Å². The molecule has 0 aliphatic carbocycles. The summed E-state index contributed by atoms with van der Waals surface area (Å²) in [7, 11) is 0. The third-order valence-electron chi connectivity index (χ3n) is 4.84. The van der Waals surface area contributed by atoms with Gasteiger partial charge < -0.3 is 21.1 Å². The molecule has 2 amide bonds. The van der Waals surface area contributed by atoms with E-state index in [4.69, 9.17) is 0 Å². The predicted octanol–water partition coefficient (Wildman–Crippen LogP) is 3.73. The number of amides is 2. The Bertz CT molecular complexity index is 894. The van der Waals surface area contributed by atoms with Crippen LogP contribution >= 0.6 is 0 Å². The molecule has 30 heavy (non-hydrogen) atoms. The van der Waals surface area contributed by atoms with Crippen molar-refractivity contribution < 1.29 is 19.5 Å². The van der Waals surface area contributed by atoms with Crippen molar-refractivity contribution in [2.24, 2.45) is 0 Å². The van der Waals surface area contributed by atoms with E-state index in [0.717, 1.165) is 24.1 Å². The Kier molecular flexibility index (Phi) is 8.41. The quantitative estimate of drug-likeness (QED) is 0.477. The zero-order valence-electron chi connectivity index (χ0n) is 17.6. The number of benzene rings is 2. The number of rotatable bonds is 10. The Morgan fingerprint density at radius 2 is 1.63 bits per heavy atom. The lowest BCUT2D eigenvalue weighted by Crippen LogP contribution is -2.40. The molecule has 0 heterocycles. The maximum absolute atomic E-state index is 12.3. The zero-order valence-corrected chi connectivity index (χ0v) is 17.6. The average molecular weight is 412 g/mol. The van der Waals surface area contributed by atoms with Crippen LogP contribution in [0.3, 0.4) is 0 Å². The molecule has 0 radical (unpaired) electrons. The number of nitrogens with one attached hydrogen (secondary N) is 3. The van der Waals surface area contributed by atoms with Crippen molar-refractivity contribution in [3.63, 3.8) is 0 Å². The molecule has 1 atom stereocenters. The van der Waals surface area contributed by atoms with Crippen LogP contribution in [-0.2, 0) is 9.59 Å². The van der Waals surface area contributed by atoms with Crippen molar-refractivity contribution in [1.29, 1.82) is 0 Å². The number of anilines is 2. The molecule has 0 aliphatic heterocycles. The molecule has 2 aromatic carbocycles. The van der Waals surface area contributed by atoms with Gasteiger partial charge in [-0.3, -0.25) is 9.59 Å². The number of carbonyl (C=O) groups excluding carboxylic acids is 2. The summed E-state index contributed by atoms with van der Waals surface area (Å²) < 4.78 is 0. The molecule has 2 rings (SSSR count). The molecule has 1 unspecified atom stereocenters. The second-order valence-corrected chi connectivity index (χ2v) is 7.28. The molecule has 0 fully saturated rings. The van der Waals surface area contributed by atoms with E-state index in [9.17, 15) is 19.5 Å². The van der Waals surface area contributed by atoms with Gasteiger partial charge in [0.1, 0.15) is 6.04 Å². The Hall–Kier alpha value is -3.35. The lowest BCUT2D eigenvalue weighted by Gasteiger charge is -2.14. The van der Waals surface area contributed by atoms with Gasteiger partial charge in [0.15, 0.2) is 0 Å². The minimum Gasteiger partial charge on any atom is -0.480 e. The number of carboxylic acids is 1. The summed E-state index contributed by atoms with van der Waals surface area (Å²) in [6.07, 6.45) is 1.96. The van der Waals surface area contributed by atoms with Gasteiger partial charge in [-0.25, -0.2) is 4.79 Å². The number of hydrogen-bond acceptors (Lipinski definition) is 4. The third-order valence-corrected chi connectivity index (χ3v) is 4.84. The van der Waals surface area contributed by atoms with Crippen molar-refractivity contribution in [3.05, 3.63) is 59.2 Å². The van der Waals surface area contributed by atoms with Gasteiger partial charge in [0.25, 0.3) is 5.91 Å². The Labute approximate surface area is 176 Å². The van der Waals surface area contributed by atoms with Crippen LogP contribution in [0, 0.1) is 13.8 Å². The summed E-state index contributed by atoms with van der Waals surface area (Å²) >= 11 is 0. The highest BCUT2D eigenvalue weighted by Gasteiger charge is 2.20. The lowest BCUT2D eigenvalue weighted by molar-refractivity contribution is -0.139. The van der Waals surface area contributed by atoms with E-state index in [2.05, 4.69) is 16.0 Å². The van der Waals surface area contributed by atoms with E-state index in [1.54, 1.807) is 24.3 Å². The minimum atomic E-state index is -1.04. The molecule has 0 saturated carbocycles. The van der Waals surface area contributed by atoms with Gasteiger partial charge in [0.2, 0.25) is 5.91 Å². The van der Waals surface area contributed by atoms with Gasteiger partial charge >= 0.3 is 5.97 Å². The number of carboxylic acid groups (broad SMARTS) is 1. The van der Waals surface area contributed by atoms with Crippen molar-refractivity contribution in [3.8, 4) is 0 Å². The lowest BCUT2D eigenvalue weighted by atomic mass is 10.1. The van der Waals surface area contributed by atoms with Gasteiger partial charge in [-0.05, 0) is 67.8 Å². The minimum absolute atomic E-state index is 0.114. The normalized spacial score (nSPS) is 11.4. The van der Waals surface area contributed by atoms with Crippen LogP contribution in [0.15, 0.2) is 42.5 Å². The zero-order chi connectivity index (χ0) is 22.1. The fraction of sp³-hybridized carbons (Fsp3) is 0.348. The standard InChI is InChI=1S/C23H29N3O4/c1-4-5-6-20(23(29)30)26-22(28)17-8-11-18(12-9-17)25-21(27)14-24-19-10-7-15(2)16(3)13-19/h7-13,20,24H,4-6,14H2,1-3H3,(H,25,27)(H,26,28)(H,29,30). The molecule has 0 saturated heterocycles. The van der Waals surface area contributed by atoms with E-state index in [0.29, 0.717) is 17.7 Å². The van der Waals surface area contributed by atoms with Gasteiger partial charge in [0, 0.05) is 16.9 Å². The monoisotopic (exact) mass is 411 g/mol. The van der Waals surface area contributed by atoms with E-state index >= 15 is 0 Å². The van der Waals surface area contributed by atoms with Crippen LogP contribution in [0.5, 0.6) is 0 Å². The van der Waals surface area contributed by atoms with Crippen LogP contribution in [0.4, 0.5) is 11.4 Å². The predicted molar refractivity (Wildman–Crippen MR) is 118 cm³/mol. The second-order valence-electron chi connectivity index (χ2n) is 7.28. The maximum Gasteiger partial charge on any atom is 0.326 e.